The summed E-state index contributed by atoms with van der Waals surface area (Å²) in [5.74, 6) is 16.3. The van der Waals surface area contributed by atoms with Crippen LogP contribution in [0.15, 0.2) is 85.2 Å². The van der Waals surface area contributed by atoms with Gasteiger partial charge in [0, 0.05) is 23.5 Å². The lowest BCUT2D eigenvalue weighted by atomic mass is 9.77. The first-order valence-electron chi connectivity index (χ1n) is 21.2. The van der Waals surface area contributed by atoms with Crippen LogP contribution in [0, 0.1) is 35.5 Å². The van der Waals surface area contributed by atoms with E-state index in [4.69, 9.17) is 0 Å². The second-order valence-electron chi connectivity index (χ2n) is 15.7. The highest BCUT2D eigenvalue weighted by molar-refractivity contribution is 5.43. The van der Waals surface area contributed by atoms with Crippen molar-refractivity contribution in [2.45, 2.75) is 149 Å². The highest BCUT2D eigenvalue weighted by Crippen LogP contribution is 2.38. The molecular weight excluding hydrogens is 641 g/mol. The Bertz CT molecular complexity index is 1730. The van der Waals surface area contributed by atoms with Gasteiger partial charge in [0.05, 0.1) is 0 Å². The number of aryl methyl sites for hydroxylation is 2. The Morgan fingerprint density at radius 2 is 0.906 bits per heavy atom. The van der Waals surface area contributed by atoms with Gasteiger partial charge in [0.2, 0.25) is 0 Å². The third-order valence-electron chi connectivity index (χ3n) is 11.7. The highest BCUT2D eigenvalue weighted by atomic mass is 14.7. The Morgan fingerprint density at radius 1 is 0.472 bits per heavy atom. The minimum Gasteiger partial charge on any atom is -0.248 e. The van der Waals surface area contributed by atoms with Gasteiger partial charge in [-0.1, -0.05) is 121 Å². The lowest BCUT2D eigenvalue weighted by molar-refractivity contribution is 0.304. The van der Waals surface area contributed by atoms with Crippen molar-refractivity contribution >= 4 is 0 Å². The standard InChI is InChI=1S/C26H33N.C25H31N/c1-3-5-7-21-8-14-24(15-9-21)25-16-10-22(11-17-25)12-18-26-19-13-23(6-4-2)20-27-26;1-3-5-6-21-7-13-23(14-8-21)24-15-9-22(10-16-24)12-18-25-17-11-20(4-2)19-26-25/h10-11,13,16-17,19-21,24H,3-9,14-15H2,1-2H3;9-11,15-17,19,21,23H,3-8,13-14H2,1-2H3/t21-,24-;21-,23-. The van der Waals surface area contributed by atoms with Crippen LogP contribution in [-0.4, -0.2) is 9.97 Å². The van der Waals surface area contributed by atoms with Crippen molar-refractivity contribution in [1.82, 2.24) is 9.97 Å². The summed E-state index contributed by atoms with van der Waals surface area (Å²) in [5, 5.41) is 0. The topological polar surface area (TPSA) is 25.8 Å². The zero-order valence-corrected chi connectivity index (χ0v) is 33.3. The van der Waals surface area contributed by atoms with Crippen LogP contribution in [0.2, 0.25) is 0 Å². The first kappa shape index (κ1) is 40.1. The predicted molar refractivity (Wildman–Crippen MR) is 225 cm³/mol. The summed E-state index contributed by atoms with van der Waals surface area (Å²) in [6.45, 7) is 8.93. The number of hydrogen-bond acceptors (Lipinski definition) is 2. The molecule has 2 aromatic carbocycles. The molecule has 0 N–H and O–H groups in total. The first-order valence-corrected chi connectivity index (χ1v) is 21.2. The van der Waals surface area contributed by atoms with Crippen LogP contribution in [-0.2, 0) is 12.8 Å². The Balaban J connectivity index is 0.000000204. The highest BCUT2D eigenvalue weighted by Gasteiger charge is 2.23. The number of pyridine rings is 2. The maximum absolute atomic E-state index is 4.46. The molecule has 2 aliphatic rings. The van der Waals surface area contributed by atoms with Gasteiger partial charge in [0.15, 0.2) is 0 Å². The van der Waals surface area contributed by atoms with Gasteiger partial charge in [-0.2, -0.15) is 0 Å². The van der Waals surface area contributed by atoms with Gasteiger partial charge >= 0.3 is 0 Å². The van der Waals surface area contributed by atoms with Crippen molar-refractivity contribution in [2.24, 2.45) is 11.8 Å². The molecule has 0 radical (unpaired) electrons. The van der Waals surface area contributed by atoms with Crippen LogP contribution < -0.4 is 0 Å². The molecule has 2 heterocycles. The van der Waals surface area contributed by atoms with Gasteiger partial charge in [-0.05, 0) is 158 Å². The molecule has 2 aliphatic carbocycles. The number of rotatable bonds is 11. The Labute approximate surface area is 323 Å². The Hall–Kier alpha value is -4.14. The number of benzene rings is 2. The van der Waals surface area contributed by atoms with Crippen molar-refractivity contribution in [3.05, 3.63) is 130 Å². The van der Waals surface area contributed by atoms with E-state index in [0.717, 1.165) is 65.4 Å². The van der Waals surface area contributed by atoms with Crippen molar-refractivity contribution < 1.29 is 0 Å². The molecule has 4 aromatic rings. The van der Waals surface area contributed by atoms with Gasteiger partial charge in [-0.15, -0.1) is 0 Å². The van der Waals surface area contributed by atoms with Gasteiger partial charge < -0.3 is 0 Å². The molecule has 0 unspecified atom stereocenters. The summed E-state index contributed by atoms with van der Waals surface area (Å²) < 4.78 is 0. The monoisotopic (exact) mass is 705 g/mol. The lowest BCUT2D eigenvalue weighted by Crippen LogP contribution is -2.13. The summed E-state index contributed by atoms with van der Waals surface area (Å²) in [4.78, 5) is 8.87. The molecule has 2 nitrogen and oxygen atoms in total. The van der Waals surface area contributed by atoms with E-state index in [-0.39, 0.29) is 0 Å². The first-order chi connectivity index (χ1) is 26.1. The summed E-state index contributed by atoms with van der Waals surface area (Å²) in [7, 11) is 0. The van der Waals surface area contributed by atoms with Crippen molar-refractivity contribution in [2.75, 3.05) is 0 Å². The van der Waals surface area contributed by atoms with Gasteiger partial charge in [-0.25, -0.2) is 9.97 Å². The van der Waals surface area contributed by atoms with Crippen LogP contribution in [0.25, 0.3) is 0 Å². The van der Waals surface area contributed by atoms with E-state index >= 15 is 0 Å². The molecule has 2 aromatic heterocycles. The average molecular weight is 705 g/mol. The van der Waals surface area contributed by atoms with E-state index in [1.54, 1.807) is 0 Å². The number of aromatic nitrogens is 2. The molecule has 0 aliphatic heterocycles. The predicted octanol–water partition coefficient (Wildman–Crippen LogP) is 13.4. The van der Waals surface area contributed by atoms with E-state index in [2.05, 4.69) is 122 Å². The molecule has 2 fully saturated rings. The molecule has 6 rings (SSSR count). The SMILES string of the molecule is CCCC[C@H]1CC[C@H](c2ccc(C#Cc3ccc(CC)cn3)cc2)CC1.CCCC[C@H]1CC[C@H](c2ccc(C#Cc3ccc(CCC)cn3)cc2)CC1. The largest absolute Gasteiger partial charge is 0.248 e. The number of unbranched alkanes of at least 4 members (excludes halogenated alkanes) is 2. The summed E-state index contributed by atoms with van der Waals surface area (Å²) in [6, 6.07) is 26.1. The van der Waals surface area contributed by atoms with Crippen molar-refractivity contribution in [1.29, 1.82) is 0 Å². The fraction of sp³-hybridized carbons (Fsp3) is 0.490. The quantitative estimate of drug-likeness (QED) is 0.145. The normalized spacial score (nSPS) is 19.5. The zero-order chi connectivity index (χ0) is 37.1. The lowest BCUT2D eigenvalue weighted by Gasteiger charge is -2.28. The second-order valence-corrected chi connectivity index (χ2v) is 15.7. The second kappa shape index (κ2) is 22.2. The minimum atomic E-state index is 0.748. The van der Waals surface area contributed by atoms with Crippen LogP contribution in [0.3, 0.4) is 0 Å². The zero-order valence-electron chi connectivity index (χ0n) is 33.3. The van der Waals surface area contributed by atoms with Crippen LogP contribution in [0.4, 0.5) is 0 Å². The van der Waals surface area contributed by atoms with E-state index < -0.39 is 0 Å². The molecule has 278 valence electrons. The maximum Gasteiger partial charge on any atom is 0.113 e. The van der Waals surface area contributed by atoms with E-state index in [1.165, 1.54) is 112 Å². The van der Waals surface area contributed by atoms with E-state index in [0.29, 0.717) is 0 Å². The fourth-order valence-electron chi connectivity index (χ4n) is 8.15. The molecule has 0 bridgehead atoms. The Morgan fingerprint density at radius 3 is 1.26 bits per heavy atom. The van der Waals surface area contributed by atoms with Crippen molar-refractivity contribution in [3.63, 3.8) is 0 Å². The Kier molecular flexibility index (Phi) is 16.7. The van der Waals surface area contributed by atoms with Crippen LogP contribution in [0.1, 0.15) is 181 Å². The third-order valence-corrected chi connectivity index (χ3v) is 11.7. The fourth-order valence-corrected chi connectivity index (χ4v) is 8.15. The van der Waals surface area contributed by atoms with Gasteiger partial charge in [0.25, 0.3) is 0 Å². The van der Waals surface area contributed by atoms with Crippen LogP contribution >= 0.6 is 0 Å². The smallest absolute Gasteiger partial charge is 0.113 e. The molecule has 0 atom stereocenters. The molecule has 0 saturated heterocycles. The average Bonchev–Trinajstić information content (AvgIpc) is 3.22. The third kappa shape index (κ3) is 13.3. The molecular formula is C51H64N2. The molecule has 2 saturated carbocycles. The molecule has 0 spiro atoms. The summed E-state index contributed by atoms with van der Waals surface area (Å²) in [6.07, 6.45) is 26.5. The number of nitrogens with zero attached hydrogens (tertiary/aromatic N) is 2. The number of hydrogen-bond donors (Lipinski definition) is 0. The molecule has 53 heavy (non-hydrogen) atoms. The van der Waals surface area contributed by atoms with Crippen molar-refractivity contribution in [3.8, 4) is 23.7 Å². The molecule has 0 amide bonds. The summed E-state index contributed by atoms with van der Waals surface area (Å²) in [5.41, 5.74) is 9.38. The van der Waals surface area contributed by atoms with E-state index in [9.17, 15) is 0 Å². The van der Waals surface area contributed by atoms with Crippen LogP contribution in [0.5, 0.6) is 0 Å². The summed E-state index contributed by atoms with van der Waals surface area (Å²) >= 11 is 0. The van der Waals surface area contributed by atoms with E-state index in [1.807, 2.05) is 24.5 Å². The van der Waals surface area contributed by atoms with Gasteiger partial charge in [-0.3, -0.25) is 0 Å². The van der Waals surface area contributed by atoms with Gasteiger partial charge in [0.1, 0.15) is 11.4 Å². The minimum absolute atomic E-state index is 0.748. The molecule has 2 heteroatoms. The maximum atomic E-state index is 4.46.